The predicted molar refractivity (Wildman–Crippen MR) is 77.2 cm³/mol. The summed E-state index contributed by atoms with van der Waals surface area (Å²) < 4.78 is 0. The summed E-state index contributed by atoms with van der Waals surface area (Å²) in [5, 5.41) is 3.53. The molecule has 1 saturated carbocycles. The molecule has 1 aromatic carbocycles. The normalized spacial score (nSPS) is 24.0. The Labute approximate surface area is 110 Å². The molecule has 2 heteroatoms. The van der Waals surface area contributed by atoms with Gasteiger partial charge in [-0.2, -0.15) is 0 Å². The third-order valence-electron chi connectivity index (χ3n) is 4.65. The second-order valence-electron chi connectivity index (χ2n) is 5.90. The molecule has 0 radical (unpaired) electrons. The molecule has 3 rings (SSSR count). The van der Waals surface area contributed by atoms with E-state index in [1.807, 2.05) is 0 Å². The van der Waals surface area contributed by atoms with Gasteiger partial charge in [-0.1, -0.05) is 37.5 Å². The third-order valence-corrected chi connectivity index (χ3v) is 4.65. The van der Waals surface area contributed by atoms with Gasteiger partial charge in [0.05, 0.1) is 0 Å². The number of fused-ring (bicyclic) bond motifs is 1. The molecule has 0 saturated heterocycles. The van der Waals surface area contributed by atoms with Gasteiger partial charge in [0.15, 0.2) is 0 Å². The molecule has 0 aromatic heterocycles. The number of likely N-dealkylation sites (N-methyl/N-ethyl adjacent to an activating group) is 1. The molecule has 18 heavy (non-hydrogen) atoms. The largest absolute Gasteiger partial charge is 0.384 e. The summed E-state index contributed by atoms with van der Waals surface area (Å²) in [6.07, 6.45) is 7.10. The number of nitrogens with one attached hydrogen (secondary N) is 1. The van der Waals surface area contributed by atoms with Crippen molar-refractivity contribution >= 4 is 5.69 Å². The van der Waals surface area contributed by atoms with E-state index in [1.54, 1.807) is 0 Å². The molecule has 2 aliphatic rings. The number of nitrogens with zero attached hydrogens (tertiary/aromatic N) is 1. The fourth-order valence-corrected chi connectivity index (χ4v) is 3.54. The first-order chi connectivity index (χ1) is 8.84. The van der Waals surface area contributed by atoms with Gasteiger partial charge >= 0.3 is 0 Å². The second kappa shape index (κ2) is 5.31. The minimum Gasteiger partial charge on any atom is -0.384 e. The topological polar surface area (TPSA) is 15.3 Å². The lowest BCUT2D eigenvalue weighted by Gasteiger charge is -2.32. The van der Waals surface area contributed by atoms with E-state index in [9.17, 15) is 0 Å². The van der Waals surface area contributed by atoms with Gasteiger partial charge in [0.2, 0.25) is 0 Å². The lowest BCUT2D eigenvalue weighted by Crippen LogP contribution is -2.36. The molecule has 0 spiro atoms. The summed E-state index contributed by atoms with van der Waals surface area (Å²) in [5.41, 5.74) is 2.86. The van der Waals surface area contributed by atoms with Crippen LogP contribution in [0, 0.1) is 0 Å². The van der Waals surface area contributed by atoms with Crippen LogP contribution < -0.4 is 5.32 Å². The molecule has 1 aliphatic carbocycles. The monoisotopic (exact) mass is 244 g/mol. The highest BCUT2D eigenvalue weighted by atomic mass is 15.1. The molecule has 1 heterocycles. The van der Waals surface area contributed by atoms with Crippen molar-refractivity contribution in [1.29, 1.82) is 0 Å². The summed E-state index contributed by atoms with van der Waals surface area (Å²) in [7, 11) is 2.32. The third kappa shape index (κ3) is 2.39. The molecule has 1 fully saturated rings. The summed E-state index contributed by atoms with van der Waals surface area (Å²) in [6.45, 7) is 2.31. The van der Waals surface area contributed by atoms with Gasteiger partial charge in [-0.15, -0.1) is 0 Å². The minimum atomic E-state index is 0.674. The Morgan fingerprint density at radius 3 is 2.78 bits per heavy atom. The van der Waals surface area contributed by atoms with Crippen LogP contribution in [-0.4, -0.2) is 31.1 Å². The predicted octanol–water partition coefficient (Wildman–Crippen LogP) is 3.46. The number of para-hydroxylation sites is 1. The molecule has 0 bridgehead atoms. The van der Waals surface area contributed by atoms with Crippen LogP contribution in [-0.2, 0) is 0 Å². The van der Waals surface area contributed by atoms with Crippen LogP contribution in [0.15, 0.2) is 24.3 Å². The molecular formula is C16H24N2. The summed E-state index contributed by atoms with van der Waals surface area (Å²) in [6, 6.07) is 9.61. The van der Waals surface area contributed by atoms with E-state index in [1.165, 1.54) is 49.9 Å². The first kappa shape index (κ1) is 12.0. The Bertz CT molecular complexity index is 396. The number of rotatable bonds is 3. The highest BCUT2D eigenvalue weighted by Gasteiger charge is 2.26. The van der Waals surface area contributed by atoms with E-state index < -0.39 is 0 Å². The van der Waals surface area contributed by atoms with Gasteiger partial charge in [-0.05, 0) is 31.5 Å². The Morgan fingerprint density at radius 1 is 1.17 bits per heavy atom. The van der Waals surface area contributed by atoms with Crippen molar-refractivity contribution in [1.82, 2.24) is 4.90 Å². The summed E-state index contributed by atoms with van der Waals surface area (Å²) in [4.78, 5) is 2.60. The highest BCUT2D eigenvalue weighted by molar-refractivity contribution is 5.57. The van der Waals surface area contributed by atoms with E-state index in [0.717, 1.165) is 12.6 Å². The van der Waals surface area contributed by atoms with Crippen molar-refractivity contribution in [2.75, 3.05) is 25.5 Å². The molecule has 98 valence electrons. The zero-order chi connectivity index (χ0) is 12.4. The summed E-state index contributed by atoms with van der Waals surface area (Å²) >= 11 is 0. The van der Waals surface area contributed by atoms with Crippen LogP contribution in [0.3, 0.4) is 0 Å². The zero-order valence-electron chi connectivity index (χ0n) is 11.4. The molecule has 2 nitrogen and oxygen atoms in total. The van der Waals surface area contributed by atoms with Gasteiger partial charge in [-0.3, -0.25) is 0 Å². The SMILES string of the molecule is CN(CC1CNc2ccccc21)C1CCCCC1. The highest BCUT2D eigenvalue weighted by Crippen LogP contribution is 2.32. The maximum Gasteiger partial charge on any atom is 0.0376 e. The van der Waals surface area contributed by atoms with Crippen molar-refractivity contribution in [2.45, 2.75) is 44.1 Å². The van der Waals surface area contributed by atoms with Gasteiger partial charge < -0.3 is 10.2 Å². The van der Waals surface area contributed by atoms with Crippen LogP contribution in [0.25, 0.3) is 0 Å². The fourth-order valence-electron chi connectivity index (χ4n) is 3.54. The van der Waals surface area contributed by atoms with E-state index in [4.69, 9.17) is 0 Å². The van der Waals surface area contributed by atoms with Crippen LogP contribution in [0.2, 0.25) is 0 Å². The Balaban J connectivity index is 1.63. The van der Waals surface area contributed by atoms with Crippen LogP contribution in [0.4, 0.5) is 5.69 Å². The maximum atomic E-state index is 3.53. The van der Waals surface area contributed by atoms with Crippen LogP contribution in [0.1, 0.15) is 43.6 Å². The zero-order valence-corrected chi connectivity index (χ0v) is 11.4. The van der Waals surface area contributed by atoms with Gasteiger partial charge in [0.25, 0.3) is 0 Å². The first-order valence-electron chi connectivity index (χ1n) is 7.37. The van der Waals surface area contributed by atoms with E-state index in [2.05, 4.69) is 41.5 Å². The Hall–Kier alpha value is -1.02. The van der Waals surface area contributed by atoms with Crippen molar-refractivity contribution in [2.24, 2.45) is 0 Å². The van der Waals surface area contributed by atoms with E-state index >= 15 is 0 Å². The van der Waals surface area contributed by atoms with Crippen molar-refractivity contribution in [3.8, 4) is 0 Å². The number of hydrogen-bond donors (Lipinski definition) is 1. The van der Waals surface area contributed by atoms with Crippen molar-refractivity contribution in [3.05, 3.63) is 29.8 Å². The molecular weight excluding hydrogens is 220 g/mol. The Kier molecular flexibility index (Phi) is 3.55. The van der Waals surface area contributed by atoms with Crippen LogP contribution >= 0.6 is 0 Å². The maximum absolute atomic E-state index is 3.53. The Morgan fingerprint density at radius 2 is 1.94 bits per heavy atom. The molecule has 1 unspecified atom stereocenters. The molecule has 1 aliphatic heterocycles. The van der Waals surface area contributed by atoms with Crippen LogP contribution in [0.5, 0.6) is 0 Å². The second-order valence-corrected chi connectivity index (χ2v) is 5.90. The van der Waals surface area contributed by atoms with E-state index in [0.29, 0.717) is 5.92 Å². The average Bonchev–Trinajstić information content (AvgIpc) is 2.83. The molecule has 1 N–H and O–H groups in total. The molecule has 0 amide bonds. The van der Waals surface area contributed by atoms with E-state index in [-0.39, 0.29) is 0 Å². The lowest BCUT2D eigenvalue weighted by molar-refractivity contribution is 0.184. The number of benzene rings is 1. The minimum absolute atomic E-state index is 0.674. The number of anilines is 1. The molecule has 1 aromatic rings. The number of hydrogen-bond acceptors (Lipinski definition) is 2. The van der Waals surface area contributed by atoms with Gasteiger partial charge in [0, 0.05) is 30.7 Å². The van der Waals surface area contributed by atoms with Crippen molar-refractivity contribution < 1.29 is 0 Å². The smallest absolute Gasteiger partial charge is 0.0376 e. The van der Waals surface area contributed by atoms with Gasteiger partial charge in [0.1, 0.15) is 0 Å². The quantitative estimate of drug-likeness (QED) is 0.876. The standard InChI is InChI=1S/C16H24N2/c1-18(14-7-3-2-4-8-14)12-13-11-17-16-10-6-5-9-15(13)16/h5-6,9-10,13-14,17H,2-4,7-8,11-12H2,1H3. The fraction of sp³-hybridized carbons (Fsp3) is 0.625. The first-order valence-corrected chi connectivity index (χ1v) is 7.37. The lowest BCUT2D eigenvalue weighted by atomic mass is 9.93. The summed E-state index contributed by atoms with van der Waals surface area (Å²) in [5.74, 6) is 0.674. The van der Waals surface area contributed by atoms with Crippen molar-refractivity contribution in [3.63, 3.8) is 0 Å². The average molecular weight is 244 g/mol. The van der Waals surface area contributed by atoms with Gasteiger partial charge in [-0.25, -0.2) is 0 Å². The molecule has 1 atom stereocenters.